The Morgan fingerprint density at radius 2 is 2.23 bits per heavy atom. The molecule has 0 aliphatic heterocycles. The van der Waals surface area contributed by atoms with Crippen molar-refractivity contribution in [2.75, 3.05) is 0 Å². The molecule has 0 unspecified atom stereocenters. The molecule has 2 rings (SSSR count). The number of nitriles is 1. The summed E-state index contributed by atoms with van der Waals surface area (Å²) >= 11 is 3.95. The number of thiophene rings is 1. The first kappa shape index (κ1) is 8.97. The molecule has 1 aromatic heterocycles. The van der Waals surface area contributed by atoms with E-state index in [-0.39, 0.29) is 0 Å². The third-order valence-corrected chi connectivity index (χ3v) is 4.08. The molecule has 0 bridgehead atoms. The van der Waals surface area contributed by atoms with E-state index in [1.807, 2.05) is 5.38 Å². The summed E-state index contributed by atoms with van der Waals surface area (Å²) in [5.41, 5.74) is 2.03. The summed E-state index contributed by atoms with van der Waals surface area (Å²) in [4.78, 5) is 0. The summed E-state index contributed by atoms with van der Waals surface area (Å²) in [5.74, 6) is 0. The molecule has 3 heteroatoms. The van der Waals surface area contributed by atoms with Gasteiger partial charge in [0.25, 0.3) is 0 Å². The Morgan fingerprint density at radius 3 is 2.92 bits per heavy atom. The third kappa shape index (κ3) is 1.45. The van der Waals surface area contributed by atoms with Crippen molar-refractivity contribution < 1.29 is 0 Å². The van der Waals surface area contributed by atoms with Gasteiger partial charge in [-0.1, -0.05) is 0 Å². The lowest BCUT2D eigenvalue weighted by Gasteiger charge is -1.97. The molecular formula is C10H6INS. The Bertz CT molecular complexity index is 507. The average molecular weight is 299 g/mol. The molecule has 0 atom stereocenters. The molecule has 1 aromatic carbocycles. The zero-order chi connectivity index (χ0) is 9.42. The van der Waals surface area contributed by atoms with Gasteiger partial charge < -0.3 is 0 Å². The van der Waals surface area contributed by atoms with Crippen LogP contribution >= 0.6 is 33.9 Å². The highest BCUT2D eigenvalue weighted by molar-refractivity contribution is 14.1. The molecule has 0 radical (unpaired) electrons. The molecular weight excluding hydrogens is 293 g/mol. The second-order valence-electron chi connectivity index (χ2n) is 2.86. The maximum atomic E-state index is 8.84. The van der Waals surface area contributed by atoms with Gasteiger partial charge in [-0.2, -0.15) is 5.26 Å². The first-order valence-corrected chi connectivity index (χ1v) is 5.75. The van der Waals surface area contributed by atoms with Gasteiger partial charge in [0.1, 0.15) is 6.07 Å². The van der Waals surface area contributed by atoms with Gasteiger partial charge in [-0.3, -0.25) is 0 Å². The van der Waals surface area contributed by atoms with Crippen molar-refractivity contribution in [1.82, 2.24) is 0 Å². The maximum absolute atomic E-state index is 8.84. The minimum absolute atomic E-state index is 0.791. The van der Waals surface area contributed by atoms with Gasteiger partial charge in [-0.05, 0) is 47.2 Å². The van der Waals surface area contributed by atoms with Crippen molar-refractivity contribution in [3.05, 3.63) is 32.2 Å². The van der Waals surface area contributed by atoms with Gasteiger partial charge in [-0.25, -0.2) is 0 Å². The topological polar surface area (TPSA) is 23.8 Å². The lowest BCUT2D eigenvalue weighted by atomic mass is 10.1. The molecule has 0 aliphatic rings. The normalized spacial score (nSPS) is 10.2. The van der Waals surface area contributed by atoms with Gasteiger partial charge in [0.2, 0.25) is 0 Å². The zero-order valence-electron chi connectivity index (χ0n) is 6.97. The van der Waals surface area contributed by atoms with Crippen LogP contribution in [0.4, 0.5) is 0 Å². The molecule has 1 heterocycles. The van der Waals surface area contributed by atoms with Crippen molar-refractivity contribution in [3.8, 4) is 6.07 Å². The molecule has 0 aliphatic carbocycles. The molecule has 2 aromatic rings. The Kier molecular flexibility index (Phi) is 2.26. The highest BCUT2D eigenvalue weighted by atomic mass is 127. The Labute approximate surface area is 94.1 Å². The van der Waals surface area contributed by atoms with E-state index in [4.69, 9.17) is 5.26 Å². The van der Waals surface area contributed by atoms with Crippen molar-refractivity contribution >= 4 is 44.0 Å². The van der Waals surface area contributed by atoms with E-state index in [1.165, 1.54) is 13.8 Å². The van der Waals surface area contributed by atoms with Crippen molar-refractivity contribution in [3.63, 3.8) is 0 Å². The zero-order valence-corrected chi connectivity index (χ0v) is 9.94. The number of hydrogen-bond donors (Lipinski definition) is 0. The fourth-order valence-corrected chi connectivity index (χ4v) is 2.83. The van der Waals surface area contributed by atoms with Crippen LogP contribution < -0.4 is 0 Å². The largest absolute Gasteiger partial charge is 0.192 e. The molecule has 13 heavy (non-hydrogen) atoms. The number of fused-ring (bicyclic) bond motifs is 1. The van der Waals surface area contributed by atoms with Gasteiger partial charge in [0.15, 0.2) is 0 Å². The van der Waals surface area contributed by atoms with E-state index >= 15 is 0 Å². The highest BCUT2D eigenvalue weighted by Crippen LogP contribution is 2.28. The molecule has 0 fully saturated rings. The first-order valence-electron chi connectivity index (χ1n) is 3.80. The van der Waals surface area contributed by atoms with E-state index in [2.05, 4.69) is 47.7 Å². The van der Waals surface area contributed by atoms with Gasteiger partial charge in [-0.15, -0.1) is 11.3 Å². The number of rotatable bonds is 0. The standard InChI is InChI=1S/C10H6INS/c1-6-2-8-7(4-12)5-13-10(8)3-9(6)11/h2-3,5H,1H3. The van der Waals surface area contributed by atoms with Crippen LogP contribution in [0.15, 0.2) is 17.5 Å². The van der Waals surface area contributed by atoms with Crippen LogP contribution in [-0.4, -0.2) is 0 Å². The number of aryl methyl sites for hydroxylation is 1. The summed E-state index contributed by atoms with van der Waals surface area (Å²) in [5, 5.41) is 11.8. The summed E-state index contributed by atoms with van der Waals surface area (Å²) < 4.78 is 2.46. The van der Waals surface area contributed by atoms with E-state index in [1.54, 1.807) is 11.3 Å². The van der Waals surface area contributed by atoms with E-state index in [0.29, 0.717) is 0 Å². The molecule has 0 amide bonds. The van der Waals surface area contributed by atoms with Crippen molar-refractivity contribution in [2.24, 2.45) is 0 Å². The summed E-state index contributed by atoms with van der Waals surface area (Å²) in [6.45, 7) is 2.07. The lowest BCUT2D eigenvalue weighted by Crippen LogP contribution is -1.79. The monoisotopic (exact) mass is 299 g/mol. The second kappa shape index (κ2) is 3.28. The Morgan fingerprint density at radius 1 is 1.46 bits per heavy atom. The predicted molar refractivity (Wildman–Crippen MR) is 64.0 cm³/mol. The molecule has 0 spiro atoms. The van der Waals surface area contributed by atoms with Crippen LogP contribution in [0, 0.1) is 21.8 Å². The van der Waals surface area contributed by atoms with Crippen LogP contribution in [0.2, 0.25) is 0 Å². The SMILES string of the molecule is Cc1cc2c(C#N)csc2cc1I. The number of hydrogen-bond acceptors (Lipinski definition) is 2. The summed E-state index contributed by atoms with van der Waals surface area (Å²) in [6.07, 6.45) is 0. The van der Waals surface area contributed by atoms with Crippen LogP contribution in [0.25, 0.3) is 10.1 Å². The van der Waals surface area contributed by atoms with Gasteiger partial charge >= 0.3 is 0 Å². The molecule has 1 nitrogen and oxygen atoms in total. The molecule has 0 saturated heterocycles. The van der Waals surface area contributed by atoms with E-state index in [0.717, 1.165) is 10.9 Å². The van der Waals surface area contributed by atoms with Crippen molar-refractivity contribution in [2.45, 2.75) is 6.92 Å². The minimum atomic E-state index is 0.791. The third-order valence-electron chi connectivity index (χ3n) is 1.98. The Hall–Kier alpha value is -0.600. The number of nitrogens with zero attached hydrogens (tertiary/aromatic N) is 1. The fraction of sp³-hybridized carbons (Fsp3) is 0.100. The smallest absolute Gasteiger partial charge is 0.101 e. The minimum Gasteiger partial charge on any atom is -0.192 e. The van der Waals surface area contributed by atoms with Crippen LogP contribution in [0.3, 0.4) is 0 Å². The van der Waals surface area contributed by atoms with Crippen molar-refractivity contribution in [1.29, 1.82) is 5.26 Å². The maximum Gasteiger partial charge on any atom is 0.101 e. The number of benzene rings is 1. The summed E-state index contributed by atoms with van der Waals surface area (Å²) in [7, 11) is 0. The van der Waals surface area contributed by atoms with Gasteiger partial charge in [0.05, 0.1) is 5.56 Å². The molecule has 0 N–H and O–H groups in total. The lowest BCUT2D eigenvalue weighted by molar-refractivity contribution is 1.46. The second-order valence-corrected chi connectivity index (χ2v) is 4.93. The predicted octanol–water partition coefficient (Wildman–Crippen LogP) is 3.69. The quantitative estimate of drug-likeness (QED) is 0.681. The van der Waals surface area contributed by atoms with Crippen LogP contribution in [0.5, 0.6) is 0 Å². The van der Waals surface area contributed by atoms with Crippen LogP contribution in [0.1, 0.15) is 11.1 Å². The molecule has 0 saturated carbocycles. The van der Waals surface area contributed by atoms with Gasteiger partial charge in [0, 0.05) is 19.0 Å². The number of halogens is 1. The van der Waals surface area contributed by atoms with E-state index in [9.17, 15) is 0 Å². The molecule has 64 valence electrons. The van der Waals surface area contributed by atoms with Crippen LogP contribution in [-0.2, 0) is 0 Å². The van der Waals surface area contributed by atoms with E-state index < -0.39 is 0 Å². The Balaban J connectivity index is 2.86. The first-order chi connectivity index (χ1) is 6.22. The average Bonchev–Trinajstić information content (AvgIpc) is 2.48. The fourth-order valence-electron chi connectivity index (χ4n) is 1.24. The summed E-state index contributed by atoms with van der Waals surface area (Å²) in [6, 6.07) is 6.43. The highest BCUT2D eigenvalue weighted by Gasteiger charge is 2.05.